The third-order valence-electron chi connectivity index (χ3n) is 5.63. The number of ether oxygens (including phenoxy) is 1. The maximum atomic E-state index is 12.1. The van der Waals surface area contributed by atoms with Gasteiger partial charge in [-0.15, -0.1) is 0 Å². The van der Waals surface area contributed by atoms with Gasteiger partial charge in [0, 0.05) is 0 Å². The van der Waals surface area contributed by atoms with Crippen LogP contribution in [0.25, 0.3) is 0 Å². The van der Waals surface area contributed by atoms with Crippen molar-refractivity contribution in [3.8, 4) is 0 Å². The Morgan fingerprint density at radius 2 is 1.89 bits per heavy atom. The van der Waals surface area contributed by atoms with Gasteiger partial charge in [0.2, 0.25) is 0 Å². The highest BCUT2D eigenvalue weighted by molar-refractivity contribution is 5.72. The Labute approximate surface area is 110 Å². The van der Waals surface area contributed by atoms with Crippen molar-refractivity contribution in [3.05, 3.63) is 0 Å². The third kappa shape index (κ3) is 1.98. The Morgan fingerprint density at radius 1 is 1.28 bits per heavy atom. The lowest BCUT2D eigenvalue weighted by Gasteiger charge is -2.60. The maximum Gasteiger partial charge on any atom is 0.309 e. The minimum Gasteiger partial charge on any atom is -0.459 e. The van der Waals surface area contributed by atoms with Gasteiger partial charge in [-0.1, -0.05) is 20.8 Å². The highest BCUT2D eigenvalue weighted by Gasteiger charge is 2.57. The Morgan fingerprint density at radius 3 is 2.39 bits per heavy atom. The lowest BCUT2D eigenvalue weighted by molar-refractivity contribution is -0.202. The van der Waals surface area contributed by atoms with E-state index in [-0.39, 0.29) is 17.5 Å². The molecule has 4 fully saturated rings. The lowest BCUT2D eigenvalue weighted by atomic mass is 9.48. The van der Waals surface area contributed by atoms with Crippen LogP contribution in [0.2, 0.25) is 0 Å². The van der Waals surface area contributed by atoms with Gasteiger partial charge < -0.3 is 4.74 Å². The van der Waals surface area contributed by atoms with Crippen molar-refractivity contribution in [2.45, 2.75) is 71.3 Å². The summed E-state index contributed by atoms with van der Waals surface area (Å²) in [7, 11) is 0. The molecule has 4 bridgehead atoms. The molecule has 2 heteroatoms. The molecule has 4 rings (SSSR count). The van der Waals surface area contributed by atoms with Crippen LogP contribution in [0, 0.1) is 23.2 Å². The van der Waals surface area contributed by atoms with Crippen molar-refractivity contribution in [3.63, 3.8) is 0 Å². The van der Waals surface area contributed by atoms with Crippen molar-refractivity contribution < 1.29 is 9.53 Å². The fourth-order valence-corrected chi connectivity index (χ4v) is 5.23. The standard InChI is InChI=1S/C16H26O2/c1-4-11(2)14(17)18-16-8-12-5-13(9-16)7-15(3,6-12)10-16/h11-13H,4-10H2,1-3H3. The lowest BCUT2D eigenvalue weighted by Crippen LogP contribution is -2.56. The van der Waals surface area contributed by atoms with Gasteiger partial charge in [0.1, 0.15) is 5.60 Å². The first kappa shape index (κ1) is 12.5. The van der Waals surface area contributed by atoms with Crippen LogP contribution in [0.1, 0.15) is 65.7 Å². The largest absolute Gasteiger partial charge is 0.459 e. The first-order valence-corrected chi connectivity index (χ1v) is 7.66. The topological polar surface area (TPSA) is 26.3 Å². The first-order valence-electron chi connectivity index (χ1n) is 7.66. The van der Waals surface area contributed by atoms with Gasteiger partial charge in [-0.25, -0.2) is 0 Å². The summed E-state index contributed by atoms with van der Waals surface area (Å²) in [6, 6.07) is 0. The van der Waals surface area contributed by atoms with Crippen molar-refractivity contribution >= 4 is 5.97 Å². The average Bonchev–Trinajstić information content (AvgIpc) is 2.23. The molecule has 0 aliphatic heterocycles. The molecule has 4 aliphatic rings. The van der Waals surface area contributed by atoms with Crippen LogP contribution < -0.4 is 0 Å². The molecule has 4 aliphatic carbocycles. The molecule has 0 aromatic heterocycles. The van der Waals surface area contributed by atoms with Crippen LogP contribution in [0.4, 0.5) is 0 Å². The zero-order valence-corrected chi connectivity index (χ0v) is 12.0. The maximum absolute atomic E-state index is 12.1. The van der Waals surface area contributed by atoms with Crippen LogP contribution in [0.5, 0.6) is 0 Å². The molecule has 3 atom stereocenters. The summed E-state index contributed by atoms with van der Waals surface area (Å²) in [5, 5.41) is 0. The molecular weight excluding hydrogens is 224 g/mol. The molecule has 0 radical (unpaired) electrons. The molecule has 0 heterocycles. The smallest absolute Gasteiger partial charge is 0.309 e. The van der Waals surface area contributed by atoms with Gasteiger partial charge in [-0.2, -0.15) is 0 Å². The first-order chi connectivity index (χ1) is 8.44. The van der Waals surface area contributed by atoms with E-state index in [2.05, 4.69) is 13.8 Å². The van der Waals surface area contributed by atoms with Crippen molar-refractivity contribution in [2.75, 3.05) is 0 Å². The molecule has 4 saturated carbocycles. The number of hydrogen-bond acceptors (Lipinski definition) is 2. The Balaban J connectivity index is 1.77. The molecule has 2 nitrogen and oxygen atoms in total. The predicted molar refractivity (Wildman–Crippen MR) is 71.1 cm³/mol. The number of carbonyl (C=O) groups is 1. The van der Waals surface area contributed by atoms with Crippen LogP contribution in [-0.2, 0) is 9.53 Å². The van der Waals surface area contributed by atoms with E-state index in [1.165, 1.54) is 19.3 Å². The normalized spacial score (nSPS) is 47.1. The minimum absolute atomic E-state index is 0.0445. The molecule has 18 heavy (non-hydrogen) atoms. The van der Waals surface area contributed by atoms with E-state index in [0.29, 0.717) is 5.41 Å². The van der Waals surface area contributed by atoms with Crippen molar-refractivity contribution in [1.29, 1.82) is 0 Å². The minimum atomic E-state index is -0.0840. The number of esters is 1. The van der Waals surface area contributed by atoms with E-state index < -0.39 is 0 Å². The summed E-state index contributed by atoms with van der Waals surface area (Å²) >= 11 is 0. The monoisotopic (exact) mass is 250 g/mol. The second-order valence-electron chi connectivity index (χ2n) is 7.69. The van der Waals surface area contributed by atoms with E-state index in [1.807, 2.05) is 6.92 Å². The number of rotatable bonds is 3. The Hall–Kier alpha value is -0.530. The van der Waals surface area contributed by atoms with E-state index in [1.54, 1.807) is 0 Å². The SMILES string of the molecule is CCC(C)C(=O)OC12CC3CC(CC(C)(C3)C1)C2. The molecule has 0 saturated heterocycles. The Bertz CT molecular complexity index is 346. The van der Waals surface area contributed by atoms with E-state index >= 15 is 0 Å². The zero-order chi connectivity index (χ0) is 13.0. The highest BCUT2D eigenvalue weighted by Crippen LogP contribution is 2.62. The molecule has 102 valence electrons. The predicted octanol–water partition coefficient (Wildman–Crippen LogP) is 3.93. The molecule has 0 aromatic carbocycles. The second-order valence-corrected chi connectivity index (χ2v) is 7.69. The summed E-state index contributed by atoms with van der Waals surface area (Å²) in [5.74, 6) is 1.75. The quantitative estimate of drug-likeness (QED) is 0.709. The van der Waals surface area contributed by atoms with Gasteiger partial charge in [-0.3, -0.25) is 4.79 Å². The second kappa shape index (κ2) is 3.98. The zero-order valence-electron chi connectivity index (χ0n) is 12.0. The molecule has 0 amide bonds. The summed E-state index contributed by atoms with van der Waals surface area (Å²) in [4.78, 5) is 12.1. The highest BCUT2D eigenvalue weighted by atomic mass is 16.6. The van der Waals surface area contributed by atoms with Gasteiger partial charge in [-0.05, 0) is 62.2 Å². The third-order valence-corrected chi connectivity index (χ3v) is 5.63. The van der Waals surface area contributed by atoms with Gasteiger partial charge in [0.25, 0.3) is 0 Å². The number of carbonyl (C=O) groups excluding carboxylic acids is 1. The van der Waals surface area contributed by atoms with Crippen LogP contribution in [0.3, 0.4) is 0 Å². The van der Waals surface area contributed by atoms with E-state index in [0.717, 1.165) is 37.5 Å². The fourth-order valence-electron chi connectivity index (χ4n) is 5.23. The molecule has 0 N–H and O–H groups in total. The van der Waals surface area contributed by atoms with E-state index in [4.69, 9.17) is 4.74 Å². The van der Waals surface area contributed by atoms with Crippen molar-refractivity contribution in [1.82, 2.24) is 0 Å². The van der Waals surface area contributed by atoms with Gasteiger partial charge in [0.15, 0.2) is 0 Å². The van der Waals surface area contributed by atoms with Crippen molar-refractivity contribution in [2.24, 2.45) is 23.2 Å². The summed E-state index contributed by atoms with van der Waals surface area (Å²) in [6.07, 6.45) is 8.41. The van der Waals surface area contributed by atoms with Gasteiger partial charge in [0.05, 0.1) is 5.92 Å². The van der Waals surface area contributed by atoms with Crippen LogP contribution >= 0.6 is 0 Å². The van der Waals surface area contributed by atoms with Crippen LogP contribution in [-0.4, -0.2) is 11.6 Å². The Kier molecular flexibility index (Phi) is 2.76. The fraction of sp³-hybridized carbons (Fsp3) is 0.938. The molecule has 0 spiro atoms. The molecular formula is C16H26O2. The number of hydrogen-bond donors (Lipinski definition) is 0. The van der Waals surface area contributed by atoms with Crippen LogP contribution in [0.15, 0.2) is 0 Å². The summed E-state index contributed by atoms with van der Waals surface area (Å²) in [6.45, 7) is 6.47. The van der Waals surface area contributed by atoms with Gasteiger partial charge >= 0.3 is 5.97 Å². The van der Waals surface area contributed by atoms with E-state index in [9.17, 15) is 4.79 Å². The summed E-state index contributed by atoms with van der Waals surface area (Å²) in [5.41, 5.74) is 0.374. The summed E-state index contributed by atoms with van der Waals surface area (Å²) < 4.78 is 6.03. The molecule has 3 unspecified atom stereocenters. The average molecular weight is 250 g/mol. The molecule has 0 aromatic rings.